The molecule has 0 saturated carbocycles. The number of nitrogens with one attached hydrogen (secondary N) is 1. The van der Waals surface area contributed by atoms with E-state index in [0.29, 0.717) is 12.6 Å². The molecule has 112 valence electrons. The summed E-state index contributed by atoms with van der Waals surface area (Å²) in [7, 11) is 0. The maximum Gasteiger partial charge on any atom is 0.215 e. The molecule has 1 aromatic heterocycles. The van der Waals surface area contributed by atoms with Gasteiger partial charge < -0.3 is 15.0 Å². The third-order valence-electron chi connectivity index (χ3n) is 3.83. The standard InChI is InChI=1S/C16H27N3O/c1-4-20-16-7-5-6-15(18-16)19(13(2)3)12-14-8-10-17-11-9-14/h5-7,13-14,17H,4,8-12H2,1-3H3. The molecular formula is C16H27N3O. The Kier molecular flexibility index (Phi) is 5.65. The molecule has 4 heteroatoms. The van der Waals surface area contributed by atoms with E-state index >= 15 is 0 Å². The fourth-order valence-electron chi connectivity index (χ4n) is 2.70. The number of pyridine rings is 1. The first-order valence-corrected chi connectivity index (χ1v) is 7.78. The normalized spacial score (nSPS) is 16.4. The van der Waals surface area contributed by atoms with Crippen LogP contribution < -0.4 is 15.0 Å². The van der Waals surface area contributed by atoms with Gasteiger partial charge in [0, 0.05) is 18.7 Å². The molecule has 0 amide bonds. The smallest absolute Gasteiger partial charge is 0.215 e. The highest BCUT2D eigenvalue weighted by molar-refractivity contribution is 5.41. The van der Waals surface area contributed by atoms with Crippen molar-refractivity contribution in [1.82, 2.24) is 10.3 Å². The second-order valence-electron chi connectivity index (χ2n) is 5.71. The second-order valence-corrected chi connectivity index (χ2v) is 5.71. The zero-order valence-corrected chi connectivity index (χ0v) is 12.9. The molecule has 4 nitrogen and oxygen atoms in total. The molecule has 1 aliphatic rings. The van der Waals surface area contributed by atoms with Crippen LogP contribution in [-0.2, 0) is 0 Å². The van der Waals surface area contributed by atoms with E-state index in [0.717, 1.165) is 37.3 Å². The van der Waals surface area contributed by atoms with Crippen molar-refractivity contribution in [2.24, 2.45) is 5.92 Å². The van der Waals surface area contributed by atoms with Crippen LogP contribution in [0.1, 0.15) is 33.6 Å². The summed E-state index contributed by atoms with van der Waals surface area (Å²) in [5.41, 5.74) is 0. The Morgan fingerprint density at radius 2 is 2.10 bits per heavy atom. The maximum atomic E-state index is 5.52. The largest absolute Gasteiger partial charge is 0.478 e. The van der Waals surface area contributed by atoms with Gasteiger partial charge in [-0.2, -0.15) is 4.98 Å². The van der Waals surface area contributed by atoms with E-state index in [1.807, 2.05) is 19.1 Å². The summed E-state index contributed by atoms with van der Waals surface area (Å²) in [6, 6.07) is 6.50. The van der Waals surface area contributed by atoms with E-state index in [9.17, 15) is 0 Å². The van der Waals surface area contributed by atoms with E-state index in [4.69, 9.17) is 4.74 Å². The van der Waals surface area contributed by atoms with E-state index in [1.165, 1.54) is 12.8 Å². The number of rotatable bonds is 6. The van der Waals surface area contributed by atoms with Gasteiger partial charge in [0.05, 0.1) is 6.61 Å². The lowest BCUT2D eigenvalue weighted by molar-refractivity contribution is 0.326. The van der Waals surface area contributed by atoms with Crippen LogP contribution in [0.3, 0.4) is 0 Å². The van der Waals surface area contributed by atoms with Crippen LogP contribution in [0.15, 0.2) is 18.2 Å². The lowest BCUT2D eigenvalue weighted by Gasteiger charge is -2.33. The molecule has 0 aromatic carbocycles. The summed E-state index contributed by atoms with van der Waals surface area (Å²) in [6.07, 6.45) is 2.52. The Bertz CT molecular complexity index is 402. The Morgan fingerprint density at radius 1 is 1.35 bits per heavy atom. The molecule has 0 spiro atoms. The Hall–Kier alpha value is -1.29. The fraction of sp³-hybridized carbons (Fsp3) is 0.688. The SMILES string of the molecule is CCOc1cccc(N(CC2CCNCC2)C(C)C)n1. The third-order valence-corrected chi connectivity index (χ3v) is 3.83. The predicted octanol–water partition coefficient (Wildman–Crippen LogP) is 2.69. The quantitative estimate of drug-likeness (QED) is 0.867. The van der Waals surface area contributed by atoms with Gasteiger partial charge in [-0.1, -0.05) is 6.07 Å². The monoisotopic (exact) mass is 277 g/mol. The molecule has 0 unspecified atom stereocenters. The molecule has 2 heterocycles. The third kappa shape index (κ3) is 4.10. The highest BCUT2D eigenvalue weighted by Gasteiger charge is 2.20. The average molecular weight is 277 g/mol. The molecule has 0 radical (unpaired) electrons. The van der Waals surface area contributed by atoms with Gasteiger partial charge in [-0.3, -0.25) is 0 Å². The van der Waals surface area contributed by atoms with E-state index in [2.05, 4.69) is 35.1 Å². The molecule has 1 N–H and O–H groups in total. The lowest BCUT2D eigenvalue weighted by atomic mass is 9.97. The Labute approximate surface area is 122 Å². The number of piperidine rings is 1. The van der Waals surface area contributed by atoms with Crippen molar-refractivity contribution in [2.75, 3.05) is 31.1 Å². The molecule has 1 fully saturated rings. The zero-order valence-electron chi connectivity index (χ0n) is 12.9. The van der Waals surface area contributed by atoms with Gasteiger partial charge in [-0.05, 0) is 58.7 Å². The van der Waals surface area contributed by atoms with Gasteiger partial charge in [0.25, 0.3) is 0 Å². The van der Waals surface area contributed by atoms with Crippen LogP contribution in [0.4, 0.5) is 5.82 Å². The molecule has 20 heavy (non-hydrogen) atoms. The van der Waals surface area contributed by atoms with Crippen LogP contribution in [0, 0.1) is 5.92 Å². The molecule has 0 atom stereocenters. The number of ether oxygens (including phenoxy) is 1. The number of anilines is 1. The highest BCUT2D eigenvalue weighted by atomic mass is 16.5. The van der Waals surface area contributed by atoms with Gasteiger partial charge in [0.15, 0.2) is 0 Å². The van der Waals surface area contributed by atoms with Crippen LogP contribution in [-0.4, -0.2) is 37.3 Å². The first kappa shape index (κ1) is 15.1. The Balaban J connectivity index is 2.08. The van der Waals surface area contributed by atoms with Crippen LogP contribution >= 0.6 is 0 Å². The van der Waals surface area contributed by atoms with Gasteiger partial charge in [0.1, 0.15) is 5.82 Å². The van der Waals surface area contributed by atoms with Crippen molar-refractivity contribution >= 4 is 5.82 Å². The fourth-order valence-corrected chi connectivity index (χ4v) is 2.70. The summed E-state index contributed by atoms with van der Waals surface area (Å²) in [5.74, 6) is 2.52. The van der Waals surface area contributed by atoms with Crippen molar-refractivity contribution in [3.63, 3.8) is 0 Å². The molecule has 0 aliphatic carbocycles. The summed E-state index contributed by atoms with van der Waals surface area (Å²) in [5, 5.41) is 3.43. The van der Waals surface area contributed by atoms with Crippen LogP contribution in [0.25, 0.3) is 0 Å². The van der Waals surface area contributed by atoms with Crippen molar-refractivity contribution in [3.05, 3.63) is 18.2 Å². The van der Waals surface area contributed by atoms with E-state index < -0.39 is 0 Å². The number of aromatic nitrogens is 1. The van der Waals surface area contributed by atoms with Crippen LogP contribution in [0.2, 0.25) is 0 Å². The van der Waals surface area contributed by atoms with Gasteiger partial charge in [-0.25, -0.2) is 0 Å². The first-order chi connectivity index (χ1) is 9.70. The minimum Gasteiger partial charge on any atom is -0.478 e. The number of nitrogens with zero attached hydrogens (tertiary/aromatic N) is 2. The minimum absolute atomic E-state index is 0.453. The Morgan fingerprint density at radius 3 is 2.75 bits per heavy atom. The van der Waals surface area contributed by atoms with Gasteiger partial charge in [-0.15, -0.1) is 0 Å². The summed E-state index contributed by atoms with van der Waals surface area (Å²) in [6.45, 7) is 10.5. The highest BCUT2D eigenvalue weighted by Crippen LogP contribution is 2.22. The van der Waals surface area contributed by atoms with E-state index in [1.54, 1.807) is 0 Å². The van der Waals surface area contributed by atoms with Gasteiger partial charge in [0.2, 0.25) is 5.88 Å². The van der Waals surface area contributed by atoms with Crippen LogP contribution in [0.5, 0.6) is 5.88 Å². The predicted molar refractivity (Wildman–Crippen MR) is 83.5 cm³/mol. The van der Waals surface area contributed by atoms with Gasteiger partial charge >= 0.3 is 0 Å². The maximum absolute atomic E-state index is 5.52. The molecule has 1 aromatic rings. The first-order valence-electron chi connectivity index (χ1n) is 7.78. The molecule has 0 bridgehead atoms. The molecule has 2 rings (SSSR count). The topological polar surface area (TPSA) is 37.4 Å². The average Bonchev–Trinajstić information content (AvgIpc) is 2.46. The van der Waals surface area contributed by atoms with Crippen molar-refractivity contribution in [2.45, 2.75) is 39.7 Å². The molecule has 1 saturated heterocycles. The van der Waals surface area contributed by atoms with Crippen molar-refractivity contribution in [3.8, 4) is 5.88 Å². The second kappa shape index (κ2) is 7.48. The summed E-state index contributed by atoms with van der Waals surface area (Å²) < 4.78 is 5.52. The number of hydrogen-bond donors (Lipinski definition) is 1. The molecule has 1 aliphatic heterocycles. The minimum atomic E-state index is 0.453. The summed E-state index contributed by atoms with van der Waals surface area (Å²) in [4.78, 5) is 7.04. The molecular weight excluding hydrogens is 250 g/mol. The van der Waals surface area contributed by atoms with Crippen molar-refractivity contribution < 1.29 is 4.74 Å². The number of hydrogen-bond acceptors (Lipinski definition) is 4. The van der Waals surface area contributed by atoms with Crippen molar-refractivity contribution in [1.29, 1.82) is 0 Å². The van der Waals surface area contributed by atoms with E-state index in [-0.39, 0.29) is 0 Å². The lowest BCUT2D eigenvalue weighted by Crippen LogP contribution is -2.40. The summed E-state index contributed by atoms with van der Waals surface area (Å²) >= 11 is 0. The zero-order chi connectivity index (χ0) is 14.4.